The molecule has 1 aromatic heterocycles. The minimum atomic E-state index is 0.524. The average Bonchev–Trinajstić information content (AvgIpc) is 2.97. The Morgan fingerprint density at radius 1 is 1.33 bits per heavy atom. The molecular formula is C15H18N2O. The molecule has 3 rings (SSSR count). The molecule has 3 heteroatoms. The highest BCUT2D eigenvalue weighted by Gasteiger charge is 2.14. The van der Waals surface area contributed by atoms with E-state index >= 15 is 0 Å². The van der Waals surface area contributed by atoms with Crippen molar-refractivity contribution in [3.63, 3.8) is 0 Å². The first-order valence-electron chi connectivity index (χ1n) is 6.43. The monoisotopic (exact) mass is 242 g/mol. The molecule has 18 heavy (non-hydrogen) atoms. The fourth-order valence-electron chi connectivity index (χ4n) is 2.53. The van der Waals surface area contributed by atoms with Gasteiger partial charge in [-0.15, -0.1) is 0 Å². The van der Waals surface area contributed by atoms with Gasteiger partial charge < -0.3 is 9.30 Å². The second-order valence-electron chi connectivity index (χ2n) is 5.12. The number of benzene rings is 1. The zero-order chi connectivity index (χ0) is 12.7. The summed E-state index contributed by atoms with van der Waals surface area (Å²) in [5.74, 6) is 1.31. The number of hydrogen-bond donors (Lipinski definition) is 0. The molecule has 2 aromatic rings. The van der Waals surface area contributed by atoms with Crippen LogP contribution in [0, 0.1) is 0 Å². The van der Waals surface area contributed by atoms with Gasteiger partial charge in [0.15, 0.2) is 0 Å². The van der Waals surface area contributed by atoms with Gasteiger partial charge in [0.05, 0.1) is 6.54 Å². The van der Waals surface area contributed by atoms with E-state index in [2.05, 4.69) is 54.9 Å². The van der Waals surface area contributed by atoms with Crippen LogP contribution in [-0.2, 0) is 11.8 Å². The highest BCUT2D eigenvalue weighted by atomic mass is 16.5. The first kappa shape index (κ1) is 11.3. The fraction of sp³-hybridized carbons (Fsp3) is 0.400. The van der Waals surface area contributed by atoms with Crippen molar-refractivity contribution in [1.82, 2.24) is 4.57 Å². The van der Waals surface area contributed by atoms with Crippen molar-refractivity contribution in [2.45, 2.75) is 19.8 Å². The van der Waals surface area contributed by atoms with Gasteiger partial charge in [-0.1, -0.05) is 13.8 Å². The Hall–Kier alpha value is -1.77. The van der Waals surface area contributed by atoms with Crippen molar-refractivity contribution in [3.8, 4) is 0 Å². The van der Waals surface area contributed by atoms with Gasteiger partial charge in [0, 0.05) is 29.7 Å². The van der Waals surface area contributed by atoms with Gasteiger partial charge in [-0.05, 0) is 29.7 Å². The van der Waals surface area contributed by atoms with Crippen LogP contribution in [0.2, 0.25) is 0 Å². The second kappa shape index (κ2) is 4.16. The Morgan fingerprint density at radius 3 is 2.83 bits per heavy atom. The summed E-state index contributed by atoms with van der Waals surface area (Å²) >= 11 is 0. The molecule has 0 aliphatic carbocycles. The summed E-state index contributed by atoms with van der Waals surface area (Å²) < 4.78 is 7.72. The van der Waals surface area contributed by atoms with Crippen LogP contribution in [0.25, 0.3) is 10.9 Å². The maximum Gasteiger partial charge on any atom is 0.216 e. The molecule has 0 saturated heterocycles. The number of rotatable bonds is 2. The van der Waals surface area contributed by atoms with E-state index in [1.807, 2.05) is 0 Å². The van der Waals surface area contributed by atoms with E-state index < -0.39 is 0 Å². The van der Waals surface area contributed by atoms with E-state index in [4.69, 9.17) is 4.74 Å². The minimum Gasteiger partial charge on any atom is -0.476 e. The number of fused-ring (bicyclic) bond motifs is 1. The first-order chi connectivity index (χ1) is 8.66. The zero-order valence-corrected chi connectivity index (χ0v) is 11.1. The highest BCUT2D eigenvalue weighted by molar-refractivity contribution is 5.99. The van der Waals surface area contributed by atoms with Crippen LogP contribution in [0.4, 0.5) is 0 Å². The van der Waals surface area contributed by atoms with E-state index in [0.717, 1.165) is 18.0 Å². The third-order valence-electron chi connectivity index (χ3n) is 3.47. The Morgan fingerprint density at radius 2 is 2.17 bits per heavy atom. The number of aryl methyl sites for hydroxylation is 1. The summed E-state index contributed by atoms with van der Waals surface area (Å²) in [6.45, 7) is 5.94. The number of ether oxygens (including phenoxy) is 1. The normalized spacial score (nSPS) is 15.2. The summed E-state index contributed by atoms with van der Waals surface area (Å²) in [7, 11) is 2.09. The Bertz CT molecular complexity index is 623. The maximum absolute atomic E-state index is 5.54. The van der Waals surface area contributed by atoms with Gasteiger partial charge in [0.1, 0.15) is 6.61 Å². The van der Waals surface area contributed by atoms with Crippen LogP contribution < -0.4 is 0 Å². The van der Waals surface area contributed by atoms with Crippen molar-refractivity contribution in [3.05, 3.63) is 35.5 Å². The highest BCUT2D eigenvalue weighted by Crippen LogP contribution is 2.28. The smallest absolute Gasteiger partial charge is 0.216 e. The van der Waals surface area contributed by atoms with E-state index in [9.17, 15) is 0 Å². The van der Waals surface area contributed by atoms with Crippen molar-refractivity contribution >= 4 is 16.8 Å². The molecular weight excluding hydrogens is 224 g/mol. The third-order valence-corrected chi connectivity index (χ3v) is 3.47. The number of aromatic nitrogens is 1. The molecule has 1 aliphatic rings. The summed E-state index contributed by atoms with van der Waals surface area (Å²) in [4.78, 5) is 4.38. The van der Waals surface area contributed by atoms with Crippen LogP contribution in [0.5, 0.6) is 0 Å². The average molecular weight is 242 g/mol. The van der Waals surface area contributed by atoms with Crippen molar-refractivity contribution in [2.24, 2.45) is 12.0 Å². The van der Waals surface area contributed by atoms with Gasteiger partial charge in [0.25, 0.3) is 0 Å². The van der Waals surface area contributed by atoms with Crippen molar-refractivity contribution in [2.75, 3.05) is 13.2 Å². The lowest BCUT2D eigenvalue weighted by Gasteiger charge is -2.05. The third kappa shape index (κ3) is 1.70. The SMILES string of the molecule is CC(C)c1cn(C)c2ccc(C3=NCCO3)cc12. The summed E-state index contributed by atoms with van der Waals surface area (Å²) in [6, 6.07) is 6.45. The summed E-state index contributed by atoms with van der Waals surface area (Å²) in [5, 5.41) is 1.31. The Balaban J connectivity index is 2.18. The summed E-state index contributed by atoms with van der Waals surface area (Å²) in [5.41, 5.74) is 3.74. The molecule has 0 bridgehead atoms. The number of nitrogens with zero attached hydrogens (tertiary/aromatic N) is 2. The van der Waals surface area contributed by atoms with Gasteiger partial charge in [-0.2, -0.15) is 0 Å². The molecule has 1 aliphatic heterocycles. The predicted octanol–water partition coefficient (Wildman–Crippen LogP) is 3.08. The topological polar surface area (TPSA) is 26.5 Å². The number of aliphatic imine (C=N–C) groups is 1. The van der Waals surface area contributed by atoms with Crippen LogP contribution in [0.3, 0.4) is 0 Å². The molecule has 94 valence electrons. The largest absolute Gasteiger partial charge is 0.476 e. The van der Waals surface area contributed by atoms with Gasteiger partial charge in [-0.3, -0.25) is 0 Å². The second-order valence-corrected chi connectivity index (χ2v) is 5.12. The maximum atomic E-state index is 5.54. The van der Waals surface area contributed by atoms with Crippen LogP contribution >= 0.6 is 0 Å². The van der Waals surface area contributed by atoms with Crippen LogP contribution in [0.1, 0.15) is 30.9 Å². The van der Waals surface area contributed by atoms with Gasteiger partial charge >= 0.3 is 0 Å². The minimum absolute atomic E-state index is 0.524. The van der Waals surface area contributed by atoms with Crippen LogP contribution in [-0.4, -0.2) is 23.6 Å². The molecule has 0 radical (unpaired) electrons. The van der Waals surface area contributed by atoms with Crippen molar-refractivity contribution < 1.29 is 4.74 Å². The van der Waals surface area contributed by atoms with Crippen LogP contribution in [0.15, 0.2) is 29.4 Å². The first-order valence-corrected chi connectivity index (χ1v) is 6.43. The lowest BCUT2D eigenvalue weighted by Crippen LogP contribution is -2.00. The molecule has 0 spiro atoms. The molecule has 0 saturated carbocycles. The number of hydrogen-bond acceptors (Lipinski definition) is 2. The van der Waals surface area contributed by atoms with E-state index in [1.54, 1.807) is 0 Å². The van der Waals surface area contributed by atoms with E-state index in [0.29, 0.717) is 12.5 Å². The van der Waals surface area contributed by atoms with Gasteiger partial charge in [0.2, 0.25) is 5.90 Å². The molecule has 3 nitrogen and oxygen atoms in total. The predicted molar refractivity (Wildman–Crippen MR) is 74.4 cm³/mol. The molecule has 1 aromatic carbocycles. The molecule has 0 atom stereocenters. The molecule has 0 amide bonds. The van der Waals surface area contributed by atoms with Crippen molar-refractivity contribution in [1.29, 1.82) is 0 Å². The quantitative estimate of drug-likeness (QED) is 0.795. The molecule has 0 unspecified atom stereocenters. The Kier molecular flexibility index (Phi) is 2.62. The Labute approximate surface area is 107 Å². The fourth-order valence-corrected chi connectivity index (χ4v) is 2.53. The molecule has 2 heterocycles. The lowest BCUT2D eigenvalue weighted by molar-refractivity contribution is 0.348. The van der Waals surface area contributed by atoms with Gasteiger partial charge in [-0.25, -0.2) is 4.99 Å². The van der Waals surface area contributed by atoms with E-state index in [-0.39, 0.29) is 0 Å². The molecule has 0 N–H and O–H groups in total. The molecule has 0 fully saturated rings. The van der Waals surface area contributed by atoms with E-state index in [1.165, 1.54) is 16.5 Å². The lowest BCUT2D eigenvalue weighted by atomic mass is 10.0. The summed E-state index contributed by atoms with van der Waals surface area (Å²) in [6.07, 6.45) is 2.22. The standard InChI is InChI=1S/C15H18N2O/c1-10(2)13-9-17(3)14-5-4-11(8-12(13)14)15-16-6-7-18-15/h4-5,8-10H,6-7H2,1-3H3. The zero-order valence-electron chi connectivity index (χ0n) is 11.1.